The maximum absolute atomic E-state index is 6.48. The molecule has 2 aromatic heterocycles. The number of rotatable bonds is 6. The van der Waals surface area contributed by atoms with Crippen molar-refractivity contribution < 1.29 is 4.42 Å². The van der Waals surface area contributed by atoms with Gasteiger partial charge in [0.25, 0.3) is 0 Å². The Hall–Kier alpha value is -7.88. The molecular weight excluding hydrogens is 717 g/mol. The van der Waals surface area contributed by atoms with Crippen LogP contribution in [-0.4, -0.2) is 4.57 Å². The molecule has 0 bridgehead atoms. The van der Waals surface area contributed by atoms with Gasteiger partial charge in [0.1, 0.15) is 11.2 Å². The van der Waals surface area contributed by atoms with Gasteiger partial charge in [-0.3, -0.25) is 0 Å². The van der Waals surface area contributed by atoms with Gasteiger partial charge in [-0.05, 0) is 92.8 Å². The van der Waals surface area contributed by atoms with Crippen molar-refractivity contribution in [3.63, 3.8) is 0 Å². The van der Waals surface area contributed by atoms with Crippen molar-refractivity contribution >= 4 is 82.4 Å². The van der Waals surface area contributed by atoms with Crippen molar-refractivity contribution in [2.24, 2.45) is 0 Å². The molecule has 0 amide bonds. The summed E-state index contributed by atoms with van der Waals surface area (Å²) in [5.74, 6) is 0. The van der Waals surface area contributed by atoms with Crippen LogP contribution >= 0.6 is 0 Å². The predicted octanol–water partition coefficient (Wildman–Crippen LogP) is 15.8. The molecule has 0 saturated carbocycles. The molecular formula is C56H36N2O. The monoisotopic (exact) mass is 752 g/mol. The second kappa shape index (κ2) is 13.4. The molecule has 0 unspecified atom stereocenters. The quantitative estimate of drug-likeness (QED) is 0.158. The maximum atomic E-state index is 6.48. The normalized spacial score (nSPS) is 11.7. The Morgan fingerprint density at radius 1 is 0.356 bits per heavy atom. The van der Waals surface area contributed by atoms with Gasteiger partial charge in [-0.1, -0.05) is 164 Å². The molecule has 2 heterocycles. The van der Waals surface area contributed by atoms with Gasteiger partial charge < -0.3 is 13.9 Å². The summed E-state index contributed by atoms with van der Waals surface area (Å²) in [7, 11) is 0. The number of fused-ring (bicyclic) bond motifs is 9. The fourth-order valence-electron chi connectivity index (χ4n) is 9.32. The van der Waals surface area contributed by atoms with E-state index in [0.717, 1.165) is 61.4 Å². The molecule has 0 radical (unpaired) electrons. The highest BCUT2D eigenvalue weighted by Gasteiger charge is 2.22. The Bertz CT molecular complexity index is 3520. The third-order valence-electron chi connectivity index (χ3n) is 12.0. The average Bonchev–Trinajstić information content (AvgIpc) is 3.86. The van der Waals surface area contributed by atoms with Crippen LogP contribution in [0.5, 0.6) is 0 Å². The summed E-state index contributed by atoms with van der Waals surface area (Å²) in [4.78, 5) is 2.41. The van der Waals surface area contributed by atoms with Gasteiger partial charge in [-0.2, -0.15) is 0 Å². The largest absolute Gasteiger partial charge is 0.455 e. The van der Waals surface area contributed by atoms with Crippen molar-refractivity contribution in [3.8, 4) is 27.9 Å². The summed E-state index contributed by atoms with van der Waals surface area (Å²) in [5.41, 5.74) is 13.0. The zero-order chi connectivity index (χ0) is 38.9. The Morgan fingerprint density at radius 2 is 0.983 bits per heavy atom. The Balaban J connectivity index is 1.07. The van der Waals surface area contributed by atoms with Gasteiger partial charge in [0, 0.05) is 38.5 Å². The van der Waals surface area contributed by atoms with Crippen molar-refractivity contribution in [2.75, 3.05) is 4.90 Å². The van der Waals surface area contributed by atoms with Crippen LogP contribution < -0.4 is 4.90 Å². The van der Waals surface area contributed by atoms with Crippen LogP contribution in [0.15, 0.2) is 223 Å². The number of anilines is 3. The van der Waals surface area contributed by atoms with Gasteiger partial charge in [0.15, 0.2) is 0 Å². The van der Waals surface area contributed by atoms with Crippen molar-refractivity contribution in [3.05, 3.63) is 218 Å². The van der Waals surface area contributed by atoms with Gasteiger partial charge >= 0.3 is 0 Å². The van der Waals surface area contributed by atoms with E-state index in [-0.39, 0.29) is 0 Å². The highest BCUT2D eigenvalue weighted by atomic mass is 16.3. The van der Waals surface area contributed by atoms with E-state index in [0.29, 0.717) is 0 Å². The van der Waals surface area contributed by atoms with Crippen LogP contribution in [0.4, 0.5) is 17.1 Å². The zero-order valence-electron chi connectivity index (χ0n) is 32.1. The third kappa shape index (κ3) is 5.29. The maximum Gasteiger partial charge on any atom is 0.143 e. The number of aromatic nitrogens is 1. The summed E-state index contributed by atoms with van der Waals surface area (Å²) in [6.07, 6.45) is 0. The summed E-state index contributed by atoms with van der Waals surface area (Å²) in [6, 6.07) is 78.8. The molecule has 59 heavy (non-hydrogen) atoms. The van der Waals surface area contributed by atoms with Crippen molar-refractivity contribution in [2.45, 2.75) is 0 Å². The van der Waals surface area contributed by atoms with Crippen LogP contribution in [0.3, 0.4) is 0 Å². The molecule has 3 heteroatoms. The van der Waals surface area contributed by atoms with Crippen molar-refractivity contribution in [1.82, 2.24) is 4.57 Å². The molecule has 0 fully saturated rings. The van der Waals surface area contributed by atoms with E-state index in [1.165, 1.54) is 48.9 Å². The first-order valence-electron chi connectivity index (χ1n) is 20.2. The second-order valence-electron chi connectivity index (χ2n) is 15.3. The lowest BCUT2D eigenvalue weighted by Crippen LogP contribution is -2.13. The van der Waals surface area contributed by atoms with Crippen LogP contribution in [0, 0.1) is 0 Å². The molecule has 0 N–H and O–H groups in total. The van der Waals surface area contributed by atoms with E-state index in [4.69, 9.17) is 4.42 Å². The number of nitrogens with zero attached hydrogens (tertiary/aromatic N) is 2. The summed E-state index contributed by atoms with van der Waals surface area (Å²) >= 11 is 0. The lowest BCUT2D eigenvalue weighted by Gasteiger charge is -2.29. The molecule has 276 valence electrons. The molecule has 0 saturated heterocycles. The fraction of sp³-hybridized carbons (Fsp3) is 0. The van der Waals surface area contributed by atoms with E-state index < -0.39 is 0 Å². The standard InChI is InChI=1S/C56H36N2O/c1-2-17-42-37(14-1)32-35-46-43(21-12-23-45(42)46)39-15-11-16-41(36-39)57(40-33-30-38(31-34-40)44-22-13-24-50-49-20-5-10-29-55(49)59-56(44)50)53-27-8-9-28-54(53)58-51-25-6-3-18-47(51)48-19-4-7-26-52(48)58/h1-36H. The Labute approximate surface area is 341 Å². The molecule has 12 aromatic rings. The second-order valence-corrected chi connectivity index (χ2v) is 15.3. The molecule has 0 spiro atoms. The lowest BCUT2D eigenvalue weighted by atomic mass is 9.94. The van der Waals surface area contributed by atoms with Crippen LogP contribution in [-0.2, 0) is 0 Å². The van der Waals surface area contributed by atoms with Gasteiger partial charge in [0.05, 0.1) is 22.4 Å². The number of para-hydroxylation sites is 6. The van der Waals surface area contributed by atoms with E-state index in [2.05, 4.69) is 216 Å². The molecule has 0 aliphatic rings. The summed E-state index contributed by atoms with van der Waals surface area (Å²) in [6.45, 7) is 0. The first-order chi connectivity index (χ1) is 29.3. The number of furan rings is 1. The molecule has 3 nitrogen and oxygen atoms in total. The minimum Gasteiger partial charge on any atom is -0.455 e. The number of benzene rings is 10. The van der Waals surface area contributed by atoms with Crippen LogP contribution in [0.2, 0.25) is 0 Å². The molecule has 12 rings (SSSR count). The van der Waals surface area contributed by atoms with E-state index in [1.807, 2.05) is 12.1 Å². The van der Waals surface area contributed by atoms with Gasteiger partial charge in [0.2, 0.25) is 0 Å². The fourth-order valence-corrected chi connectivity index (χ4v) is 9.32. The SMILES string of the molecule is c1cc(-c2cccc3c2ccc2ccccc23)cc(N(c2ccc(-c3cccc4c3oc3ccccc34)cc2)c2ccccc2-n2c3ccccc3c3ccccc32)c1. The third-order valence-corrected chi connectivity index (χ3v) is 12.0. The molecule has 0 aliphatic carbocycles. The first-order valence-corrected chi connectivity index (χ1v) is 20.2. The number of hydrogen-bond donors (Lipinski definition) is 0. The van der Waals surface area contributed by atoms with Crippen LogP contribution in [0.25, 0.3) is 93.2 Å². The minimum atomic E-state index is 0.902. The highest BCUT2D eigenvalue weighted by Crippen LogP contribution is 2.44. The van der Waals surface area contributed by atoms with Crippen LogP contribution in [0.1, 0.15) is 0 Å². The lowest BCUT2D eigenvalue weighted by molar-refractivity contribution is 0.670. The summed E-state index contributed by atoms with van der Waals surface area (Å²) < 4.78 is 8.90. The molecule has 10 aromatic carbocycles. The van der Waals surface area contributed by atoms with E-state index in [1.54, 1.807) is 0 Å². The topological polar surface area (TPSA) is 21.3 Å². The van der Waals surface area contributed by atoms with Crippen molar-refractivity contribution in [1.29, 1.82) is 0 Å². The molecule has 0 aliphatic heterocycles. The van der Waals surface area contributed by atoms with E-state index in [9.17, 15) is 0 Å². The minimum absolute atomic E-state index is 0.902. The Kier molecular flexibility index (Phi) is 7.54. The molecule has 0 atom stereocenters. The predicted molar refractivity (Wildman–Crippen MR) is 249 cm³/mol. The zero-order valence-corrected chi connectivity index (χ0v) is 32.1. The smallest absolute Gasteiger partial charge is 0.143 e. The summed E-state index contributed by atoms with van der Waals surface area (Å²) in [5, 5.41) is 9.74. The number of hydrogen-bond acceptors (Lipinski definition) is 2. The van der Waals surface area contributed by atoms with E-state index >= 15 is 0 Å². The van der Waals surface area contributed by atoms with Gasteiger partial charge in [-0.15, -0.1) is 0 Å². The average molecular weight is 753 g/mol. The highest BCUT2D eigenvalue weighted by molar-refractivity contribution is 6.13. The Morgan fingerprint density at radius 3 is 1.80 bits per heavy atom. The van der Waals surface area contributed by atoms with Gasteiger partial charge in [-0.25, -0.2) is 0 Å². The first kappa shape index (κ1) is 33.3.